The Morgan fingerprint density at radius 3 is 2.62 bits per heavy atom. The summed E-state index contributed by atoms with van der Waals surface area (Å²) in [4.78, 5) is 24.1. The zero-order valence-corrected chi connectivity index (χ0v) is 16.0. The second-order valence-electron chi connectivity index (χ2n) is 5.90. The van der Waals surface area contributed by atoms with Crippen molar-refractivity contribution in [2.24, 2.45) is 0 Å². The van der Waals surface area contributed by atoms with Gasteiger partial charge in [-0.05, 0) is 43.7 Å². The summed E-state index contributed by atoms with van der Waals surface area (Å²) in [6.07, 6.45) is -0.154. The summed E-state index contributed by atoms with van der Waals surface area (Å²) in [7, 11) is 1.57. The molecule has 0 unspecified atom stereocenters. The molecule has 0 aliphatic rings. The first-order chi connectivity index (χ1) is 12.5. The molecule has 138 valence electrons. The van der Waals surface area contributed by atoms with Gasteiger partial charge in [-0.1, -0.05) is 24.3 Å². The quantitative estimate of drug-likeness (QED) is 0.705. The van der Waals surface area contributed by atoms with Gasteiger partial charge in [0.2, 0.25) is 5.91 Å². The van der Waals surface area contributed by atoms with E-state index >= 15 is 0 Å². The maximum absolute atomic E-state index is 12.1. The lowest BCUT2D eigenvalue weighted by Crippen LogP contribution is -2.15. The van der Waals surface area contributed by atoms with Crippen LogP contribution in [0.2, 0.25) is 0 Å². The summed E-state index contributed by atoms with van der Waals surface area (Å²) >= 11 is 1.48. The summed E-state index contributed by atoms with van der Waals surface area (Å²) < 4.78 is 10.4. The van der Waals surface area contributed by atoms with Crippen LogP contribution in [-0.2, 0) is 15.3 Å². The third-order valence-electron chi connectivity index (χ3n) is 3.39. The molecule has 2 aromatic rings. The summed E-state index contributed by atoms with van der Waals surface area (Å²) in [6, 6.07) is 14.6. The fourth-order valence-corrected chi connectivity index (χ4v) is 3.04. The second-order valence-corrected chi connectivity index (χ2v) is 6.88. The smallest absolute Gasteiger partial charge is 0.338 e. The maximum atomic E-state index is 12.1. The van der Waals surface area contributed by atoms with Crippen LogP contribution in [0.4, 0.5) is 5.69 Å². The number of amides is 1. The number of hydrogen-bond donors (Lipinski definition) is 1. The topological polar surface area (TPSA) is 64.6 Å². The molecular formula is C20H23NO4S. The first kappa shape index (κ1) is 19.8. The van der Waals surface area contributed by atoms with E-state index in [-0.39, 0.29) is 18.0 Å². The molecule has 0 spiro atoms. The number of methoxy groups -OCH3 is 1. The molecule has 0 bridgehead atoms. The van der Waals surface area contributed by atoms with Crippen molar-refractivity contribution < 1.29 is 19.1 Å². The number of anilines is 1. The molecule has 0 saturated heterocycles. The molecule has 0 heterocycles. The first-order valence-corrected chi connectivity index (χ1v) is 9.45. The predicted molar refractivity (Wildman–Crippen MR) is 105 cm³/mol. The fourth-order valence-electron chi connectivity index (χ4n) is 2.27. The number of ether oxygens (including phenoxy) is 2. The Kier molecular flexibility index (Phi) is 7.53. The Morgan fingerprint density at radius 1 is 1.12 bits per heavy atom. The monoisotopic (exact) mass is 373 g/mol. The number of carbonyl (C=O) groups is 2. The number of nitrogens with one attached hydrogen (secondary N) is 1. The minimum Gasteiger partial charge on any atom is -0.495 e. The molecule has 0 radical (unpaired) electrons. The van der Waals surface area contributed by atoms with Crippen molar-refractivity contribution in [3.63, 3.8) is 0 Å². The molecule has 2 aromatic carbocycles. The lowest BCUT2D eigenvalue weighted by molar-refractivity contribution is -0.113. The van der Waals surface area contributed by atoms with E-state index < -0.39 is 0 Å². The largest absolute Gasteiger partial charge is 0.495 e. The van der Waals surface area contributed by atoms with E-state index in [0.29, 0.717) is 28.5 Å². The molecular weight excluding hydrogens is 350 g/mol. The maximum Gasteiger partial charge on any atom is 0.338 e. The number of thioether (sulfide) groups is 1. The SMILES string of the molecule is COc1ccccc1NC(=O)CSCc1cccc(C(=O)OC(C)C)c1. The Hall–Kier alpha value is -2.47. The molecule has 0 atom stereocenters. The van der Waals surface area contributed by atoms with Gasteiger partial charge in [0, 0.05) is 5.75 Å². The lowest BCUT2D eigenvalue weighted by atomic mass is 10.1. The van der Waals surface area contributed by atoms with Gasteiger partial charge in [-0.15, -0.1) is 11.8 Å². The summed E-state index contributed by atoms with van der Waals surface area (Å²) in [5.41, 5.74) is 2.15. The van der Waals surface area contributed by atoms with E-state index in [2.05, 4.69) is 5.32 Å². The van der Waals surface area contributed by atoms with Gasteiger partial charge in [-0.3, -0.25) is 4.79 Å². The molecule has 1 N–H and O–H groups in total. The highest BCUT2D eigenvalue weighted by Crippen LogP contribution is 2.23. The van der Waals surface area contributed by atoms with Gasteiger partial charge in [-0.25, -0.2) is 4.79 Å². The number of carbonyl (C=O) groups excluding carboxylic acids is 2. The molecule has 26 heavy (non-hydrogen) atoms. The summed E-state index contributed by atoms with van der Waals surface area (Å²) in [5.74, 6) is 1.12. The third-order valence-corrected chi connectivity index (χ3v) is 4.39. The van der Waals surface area contributed by atoms with Crippen LogP contribution >= 0.6 is 11.8 Å². The van der Waals surface area contributed by atoms with Crippen LogP contribution < -0.4 is 10.1 Å². The Bertz CT molecular complexity index is 761. The highest BCUT2D eigenvalue weighted by Gasteiger charge is 2.10. The van der Waals surface area contributed by atoms with Crippen molar-refractivity contribution in [1.29, 1.82) is 0 Å². The molecule has 0 aliphatic heterocycles. The minimum atomic E-state index is -0.333. The van der Waals surface area contributed by atoms with E-state index in [1.54, 1.807) is 31.4 Å². The van der Waals surface area contributed by atoms with E-state index in [4.69, 9.17) is 9.47 Å². The van der Waals surface area contributed by atoms with E-state index in [0.717, 1.165) is 5.56 Å². The summed E-state index contributed by atoms with van der Waals surface area (Å²) in [5, 5.41) is 2.84. The number of esters is 1. The predicted octanol–water partition coefficient (Wildman–Crippen LogP) is 4.13. The second kappa shape index (κ2) is 9.87. The van der Waals surface area contributed by atoms with Gasteiger partial charge in [0.1, 0.15) is 5.75 Å². The van der Waals surface area contributed by atoms with Crippen LogP contribution in [0.15, 0.2) is 48.5 Å². The molecule has 2 rings (SSSR count). The van der Waals surface area contributed by atoms with Crippen LogP contribution in [0.3, 0.4) is 0 Å². The van der Waals surface area contributed by atoms with Crippen molar-refractivity contribution in [3.8, 4) is 5.75 Å². The van der Waals surface area contributed by atoms with Crippen LogP contribution in [0.1, 0.15) is 29.8 Å². The van der Waals surface area contributed by atoms with Gasteiger partial charge in [-0.2, -0.15) is 0 Å². The Morgan fingerprint density at radius 2 is 1.88 bits per heavy atom. The van der Waals surface area contributed by atoms with Gasteiger partial charge in [0.05, 0.1) is 30.2 Å². The van der Waals surface area contributed by atoms with E-state index in [9.17, 15) is 9.59 Å². The molecule has 6 heteroatoms. The highest BCUT2D eigenvalue weighted by molar-refractivity contribution is 7.99. The molecule has 0 fully saturated rings. The van der Waals surface area contributed by atoms with Gasteiger partial charge in [0.15, 0.2) is 0 Å². The van der Waals surface area contributed by atoms with Crippen LogP contribution in [0.25, 0.3) is 0 Å². The molecule has 5 nitrogen and oxygen atoms in total. The zero-order valence-electron chi connectivity index (χ0n) is 15.2. The van der Waals surface area contributed by atoms with E-state index in [1.165, 1.54) is 11.8 Å². The molecule has 0 aliphatic carbocycles. The van der Waals surface area contributed by atoms with Gasteiger partial charge < -0.3 is 14.8 Å². The van der Waals surface area contributed by atoms with Gasteiger partial charge in [0.25, 0.3) is 0 Å². The van der Waals surface area contributed by atoms with Crippen molar-refractivity contribution >= 4 is 29.3 Å². The van der Waals surface area contributed by atoms with Crippen molar-refractivity contribution in [3.05, 3.63) is 59.7 Å². The van der Waals surface area contributed by atoms with Gasteiger partial charge >= 0.3 is 5.97 Å². The normalized spacial score (nSPS) is 10.5. The number of rotatable bonds is 8. The highest BCUT2D eigenvalue weighted by atomic mass is 32.2. The van der Waals surface area contributed by atoms with Crippen LogP contribution in [0.5, 0.6) is 5.75 Å². The minimum absolute atomic E-state index is 0.102. The Labute approximate surface area is 158 Å². The first-order valence-electron chi connectivity index (χ1n) is 8.30. The molecule has 0 aromatic heterocycles. The summed E-state index contributed by atoms with van der Waals surface area (Å²) in [6.45, 7) is 3.63. The number of benzene rings is 2. The van der Waals surface area contributed by atoms with Crippen molar-refractivity contribution in [2.45, 2.75) is 25.7 Å². The lowest BCUT2D eigenvalue weighted by Gasteiger charge is -2.10. The van der Waals surface area contributed by atoms with Crippen molar-refractivity contribution in [2.75, 3.05) is 18.2 Å². The van der Waals surface area contributed by atoms with Crippen LogP contribution in [-0.4, -0.2) is 30.8 Å². The third kappa shape index (κ3) is 6.11. The number of hydrogen-bond acceptors (Lipinski definition) is 5. The van der Waals surface area contributed by atoms with Crippen molar-refractivity contribution in [1.82, 2.24) is 0 Å². The average Bonchev–Trinajstić information content (AvgIpc) is 2.62. The van der Waals surface area contributed by atoms with Crippen LogP contribution in [0, 0.1) is 0 Å². The Balaban J connectivity index is 1.85. The number of para-hydroxylation sites is 2. The molecule has 0 saturated carbocycles. The fraction of sp³-hybridized carbons (Fsp3) is 0.300. The molecule has 1 amide bonds. The standard InChI is InChI=1S/C20H23NO4S/c1-14(2)25-20(23)16-8-6-7-15(11-16)12-26-13-19(22)21-17-9-4-5-10-18(17)24-3/h4-11,14H,12-13H2,1-3H3,(H,21,22). The zero-order chi connectivity index (χ0) is 18.9. The van der Waals surface area contributed by atoms with E-state index in [1.807, 2.05) is 38.1 Å². The average molecular weight is 373 g/mol.